The van der Waals surface area contributed by atoms with E-state index >= 15 is 0 Å². The number of nitrogens with one attached hydrogen (secondary N) is 1. The Hall–Kier alpha value is -3.00. The van der Waals surface area contributed by atoms with Gasteiger partial charge in [0.1, 0.15) is 0 Å². The zero-order chi connectivity index (χ0) is 17.7. The van der Waals surface area contributed by atoms with E-state index in [2.05, 4.69) is 4.72 Å². The molecule has 2 N–H and O–H groups in total. The third kappa shape index (κ3) is 4.26. The first-order chi connectivity index (χ1) is 11.3. The summed E-state index contributed by atoms with van der Waals surface area (Å²) in [6.07, 6.45) is -0.828. The first kappa shape index (κ1) is 17.4. The molecule has 0 aliphatic carbocycles. The zero-order valence-corrected chi connectivity index (χ0v) is 13.1. The number of anilines is 1. The second kappa shape index (κ2) is 7.05. The number of Topliss-reactive ketones (excluding diaryl/α,β-unsaturated/α-hetero) is 2. The molecule has 0 bridgehead atoms. The number of carbonyl (C=O) groups excluding carboxylic acids is 2. The number of hydrogen-bond donors (Lipinski definition) is 2. The summed E-state index contributed by atoms with van der Waals surface area (Å²) in [7, 11) is -3.92. The summed E-state index contributed by atoms with van der Waals surface area (Å²) in [6.45, 7) is 0. The van der Waals surface area contributed by atoms with E-state index in [1.54, 1.807) is 30.3 Å². The van der Waals surface area contributed by atoms with Crippen LogP contribution in [0.5, 0.6) is 0 Å². The summed E-state index contributed by atoms with van der Waals surface area (Å²) in [5.74, 6) is -3.73. The standard InChI is InChI=1S/C16H13NO6S/c18-14(10-15(19)16(20)21)11-5-4-8-13(9-11)24(22,23)17-12-6-2-1-3-7-12/h1-9,17H,10H2,(H,20,21). The fourth-order valence-corrected chi connectivity index (χ4v) is 2.98. The third-order valence-corrected chi connectivity index (χ3v) is 4.43. The Kier molecular flexibility index (Phi) is 5.10. The van der Waals surface area contributed by atoms with E-state index in [9.17, 15) is 22.8 Å². The van der Waals surface area contributed by atoms with Gasteiger partial charge in [-0.15, -0.1) is 0 Å². The molecule has 0 aliphatic heterocycles. The van der Waals surface area contributed by atoms with Crippen LogP contribution in [0.2, 0.25) is 0 Å². The van der Waals surface area contributed by atoms with Crippen molar-refractivity contribution in [2.75, 3.05) is 4.72 Å². The monoisotopic (exact) mass is 347 g/mol. The van der Waals surface area contributed by atoms with Gasteiger partial charge in [0, 0.05) is 11.3 Å². The minimum absolute atomic E-state index is 0.0551. The van der Waals surface area contributed by atoms with E-state index in [0.717, 1.165) is 6.07 Å². The lowest BCUT2D eigenvalue weighted by atomic mass is 10.1. The Morgan fingerprint density at radius 3 is 2.25 bits per heavy atom. The van der Waals surface area contributed by atoms with Gasteiger partial charge in [-0.25, -0.2) is 13.2 Å². The fourth-order valence-electron chi connectivity index (χ4n) is 1.88. The van der Waals surface area contributed by atoms with E-state index in [-0.39, 0.29) is 10.5 Å². The van der Waals surface area contributed by atoms with E-state index in [1.807, 2.05) is 0 Å². The third-order valence-electron chi connectivity index (χ3n) is 3.05. The van der Waals surface area contributed by atoms with Crippen molar-refractivity contribution in [1.29, 1.82) is 0 Å². The zero-order valence-electron chi connectivity index (χ0n) is 12.3. The normalized spacial score (nSPS) is 10.8. The molecule has 0 spiro atoms. The molecule has 0 heterocycles. The summed E-state index contributed by atoms with van der Waals surface area (Å²) in [6, 6.07) is 13.2. The molecule has 0 saturated heterocycles. The Balaban J connectivity index is 2.25. The molecule has 0 aliphatic rings. The van der Waals surface area contributed by atoms with Gasteiger partial charge in [-0.1, -0.05) is 30.3 Å². The topological polar surface area (TPSA) is 118 Å². The number of carboxylic acids is 1. The number of hydrogen-bond acceptors (Lipinski definition) is 5. The van der Waals surface area contributed by atoms with Crippen LogP contribution in [0, 0.1) is 0 Å². The van der Waals surface area contributed by atoms with Crippen LogP contribution in [0.25, 0.3) is 0 Å². The van der Waals surface area contributed by atoms with E-state index in [4.69, 9.17) is 5.11 Å². The highest BCUT2D eigenvalue weighted by Crippen LogP contribution is 2.17. The quantitative estimate of drug-likeness (QED) is 0.447. The van der Waals surface area contributed by atoms with Gasteiger partial charge in [-0.3, -0.25) is 14.3 Å². The van der Waals surface area contributed by atoms with Crippen LogP contribution in [0.4, 0.5) is 5.69 Å². The molecule has 0 radical (unpaired) electrons. The first-order valence-corrected chi connectivity index (χ1v) is 8.25. The summed E-state index contributed by atoms with van der Waals surface area (Å²) in [5.41, 5.74) is 0.302. The van der Waals surface area contributed by atoms with Gasteiger partial charge in [0.25, 0.3) is 10.0 Å². The summed E-state index contributed by atoms with van der Waals surface area (Å²) in [5, 5.41) is 8.52. The van der Waals surface area contributed by atoms with Crippen LogP contribution in [0.1, 0.15) is 16.8 Å². The molecule has 0 amide bonds. The highest BCUT2D eigenvalue weighted by Gasteiger charge is 2.20. The van der Waals surface area contributed by atoms with Gasteiger partial charge in [0.15, 0.2) is 5.78 Å². The minimum atomic E-state index is -3.92. The minimum Gasteiger partial charge on any atom is -0.475 e. The molecule has 0 atom stereocenters. The Bertz CT molecular complexity index is 890. The number of rotatable bonds is 7. The SMILES string of the molecule is O=C(O)C(=O)CC(=O)c1cccc(S(=O)(=O)Nc2ccccc2)c1. The molecule has 0 aromatic heterocycles. The number of sulfonamides is 1. The number of para-hydroxylation sites is 1. The molecule has 2 aromatic rings. The maximum absolute atomic E-state index is 12.3. The van der Waals surface area contributed by atoms with Crippen LogP contribution >= 0.6 is 0 Å². The van der Waals surface area contributed by atoms with Crippen LogP contribution in [0.15, 0.2) is 59.5 Å². The first-order valence-electron chi connectivity index (χ1n) is 6.77. The number of carbonyl (C=O) groups is 3. The van der Waals surface area contributed by atoms with E-state index in [1.165, 1.54) is 18.2 Å². The van der Waals surface area contributed by atoms with E-state index in [0.29, 0.717) is 5.69 Å². The average Bonchev–Trinajstić information content (AvgIpc) is 2.55. The van der Waals surface area contributed by atoms with Crippen molar-refractivity contribution in [1.82, 2.24) is 0 Å². The van der Waals surface area contributed by atoms with Gasteiger partial charge in [0.05, 0.1) is 11.3 Å². The maximum Gasteiger partial charge on any atom is 0.372 e. The van der Waals surface area contributed by atoms with Crippen molar-refractivity contribution >= 4 is 33.2 Å². The molecule has 0 saturated carbocycles. The van der Waals surface area contributed by atoms with E-state index < -0.39 is 34.0 Å². The Labute approximate surface area is 138 Å². The smallest absolute Gasteiger partial charge is 0.372 e. The number of aliphatic carboxylic acids is 1. The second-order valence-electron chi connectivity index (χ2n) is 4.83. The molecule has 124 valence electrons. The van der Waals surface area contributed by atoms with Crippen LogP contribution in [-0.2, 0) is 19.6 Å². The lowest BCUT2D eigenvalue weighted by Gasteiger charge is -2.09. The molecule has 7 nitrogen and oxygen atoms in total. The Morgan fingerprint density at radius 1 is 0.958 bits per heavy atom. The lowest BCUT2D eigenvalue weighted by Crippen LogP contribution is -2.18. The molecular weight excluding hydrogens is 334 g/mol. The van der Waals surface area contributed by atoms with Gasteiger partial charge < -0.3 is 5.11 Å². The number of benzene rings is 2. The van der Waals surface area contributed by atoms with Crippen LogP contribution in [0.3, 0.4) is 0 Å². The number of ketones is 2. The molecule has 2 rings (SSSR count). The van der Waals surface area contributed by atoms with Gasteiger partial charge in [0.2, 0.25) is 5.78 Å². The van der Waals surface area contributed by atoms with Crippen molar-refractivity contribution in [2.45, 2.75) is 11.3 Å². The average molecular weight is 347 g/mol. The highest BCUT2D eigenvalue weighted by atomic mass is 32.2. The predicted molar refractivity (Wildman–Crippen MR) is 85.3 cm³/mol. The van der Waals surface area contributed by atoms with Gasteiger partial charge >= 0.3 is 5.97 Å². The van der Waals surface area contributed by atoms with Crippen LogP contribution < -0.4 is 4.72 Å². The van der Waals surface area contributed by atoms with Gasteiger partial charge in [-0.05, 0) is 24.3 Å². The molecule has 0 unspecified atom stereocenters. The molecule has 0 fully saturated rings. The van der Waals surface area contributed by atoms with Crippen LogP contribution in [-0.4, -0.2) is 31.1 Å². The number of carboxylic acid groups (broad SMARTS) is 1. The summed E-state index contributed by atoms with van der Waals surface area (Å²) in [4.78, 5) is 33.3. The second-order valence-corrected chi connectivity index (χ2v) is 6.51. The molecular formula is C16H13NO6S. The van der Waals surface area contributed by atoms with Crippen molar-refractivity contribution in [3.05, 3.63) is 60.2 Å². The van der Waals surface area contributed by atoms with Crippen molar-refractivity contribution in [2.24, 2.45) is 0 Å². The lowest BCUT2D eigenvalue weighted by molar-refractivity contribution is -0.148. The van der Waals surface area contributed by atoms with Crippen molar-refractivity contribution < 1.29 is 27.9 Å². The fraction of sp³-hybridized carbons (Fsp3) is 0.0625. The molecule has 24 heavy (non-hydrogen) atoms. The van der Waals surface area contributed by atoms with Gasteiger partial charge in [-0.2, -0.15) is 0 Å². The largest absolute Gasteiger partial charge is 0.475 e. The Morgan fingerprint density at radius 2 is 1.62 bits per heavy atom. The van der Waals surface area contributed by atoms with Crippen molar-refractivity contribution in [3.8, 4) is 0 Å². The summed E-state index contributed by atoms with van der Waals surface area (Å²) >= 11 is 0. The maximum atomic E-state index is 12.3. The van der Waals surface area contributed by atoms with Crippen molar-refractivity contribution in [3.63, 3.8) is 0 Å². The predicted octanol–water partition coefficient (Wildman–Crippen LogP) is 1.71. The molecule has 8 heteroatoms. The molecule has 2 aromatic carbocycles. The highest BCUT2D eigenvalue weighted by molar-refractivity contribution is 7.92. The summed E-state index contributed by atoms with van der Waals surface area (Å²) < 4.78 is 27.0.